The van der Waals surface area contributed by atoms with E-state index in [1.807, 2.05) is 42.5 Å². The molecule has 2 heterocycles. The number of rotatable bonds is 6. The quantitative estimate of drug-likeness (QED) is 0.121. The minimum atomic E-state index is -1.74. The van der Waals surface area contributed by atoms with Crippen molar-refractivity contribution in [3.05, 3.63) is 100 Å². The molecule has 3 aromatic rings. The zero-order valence-corrected chi connectivity index (χ0v) is 26.9. The number of nitrogens with zero attached hydrogens (tertiary/aromatic N) is 2. The molecule has 0 aromatic heterocycles. The van der Waals surface area contributed by atoms with Gasteiger partial charge in [-0.3, -0.25) is 14.4 Å². The fourth-order valence-corrected chi connectivity index (χ4v) is 5.64. The Morgan fingerprint density at radius 3 is 1.95 bits per heavy atom. The van der Waals surface area contributed by atoms with Gasteiger partial charge < -0.3 is 19.1 Å². The summed E-state index contributed by atoms with van der Waals surface area (Å²) in [6, 6.07) is 19.5. The second-order valence-electron chi connectivity index (χ2n) is 9.06. The van der Waals surface area contributed by atoms with E-state index in [2.05, 4.69) is 0 Å². The number of hydrogen-bond donors (Lipinski definition) is 0. The maximum absolute atomic E-state index is 12.8. The number of imide groups is 1. The van der Waals surface area contributed by atoms with E-state index < -0.39 is 14.9 Å². The number of methoxy groups -OCH3 is 2. The van der Waals surface area contributed by atoms with Crippen LogP contribution in [0.4, 0.5) is 0 Å². The Labute approximate surface area is 273 Å². The number of ether oxygens (including phenoxy) is 3. The van der Waals surface area contributed by atoms with E-state index in [0.717, 1.165) is 21.0 Å². The van der Waals surface area contributed by atoms with Crippen molar-refractivity contribution in [3.63, 3.8) is 0 Å². The summed E-state index contributed by atoms with van der Waals surface area (Å²) in [5.74, 6) is 0.275. The van der Waals surface area contributed by atoms with Crippen LogP contribution in [0.15, 0.2) is 72.8 Å². The molecule has 2 aliphatic heterocycles. The van der Waals surface area contributed by atoms with E-state index in [4.69, 9.17) is 60.6 Å². The van der Waals surface area contributed by atoms with Crippen LogP contribution in [0.25, 0.3) is 5.57 Å². The fraction of sp³-hybridized carbons (Fsp3) is 0.233. The van der Waals surface area contributed by atoms with Gasteiger partial charge in [-0.2, -0.15) is 0 Å². The molecule has 226 valence electrons. The van der Waals surface area contributed by atoms with E-state index in [9.17, 15) is 14.4 Å². The molecule has 3 aromatic carbocycles. The van der Waals surface area contributed by atoms with E-state index in [-0.39, 0.29) is 5.91 Å². The first-order chi connectivity index (χ1) is 20.5. The molecule has 0 saturated carbocycles. The predicted molar refractivity (Wildman–Crippen MR) is 170 cm³/mol. The molecule has 13 heteroatoms. The van der Waals surface area contributed by atoms with Crippen molar-refractivity contribution < 1.29 is 28.6 Å². The van der Waals surface area contributed by atoms with Gasteiger partial charge in [-0.05, 0) is 53.1 Å². The minimum Gasteiger partial charge on any atom is -0.493 e. The average molecular weight is 684 g/mol. The third-order valence-electron chi connectivity index (χ3n) is 6.39. The van der Waals surface area contributed by atoms with Gasteiger partial charge in [0, 0.05) is 36.1 Å². The number of hydrogen-bond acceptors (Lipinski definition) is 7. The lowest BCUT2D eigenvalue weighted by atomic mass is 9.96. The van der Waals surface area contributed by atoms with Gasteiger partial charge >= 0.3 is 0 Å². The molecule has 5 rings (SSSR count). The van der Waals surface area contributed by atoms with Gasteiger partial charge in [-0.15, -0.1) is 0 Å². The maximum Gasteiger partial charge on any atom is 0.271 e. The van der Waals surface area contributed by atoms with Crippen LogP contribution in [0.1, 0.15) is 31.8 Å². The molecule has 0 bridgehead atoms. The number of fused-ring (bicyclic) bond motifs is 1. The van der Waals surface area contributed by atoms with Crippen LogP contribution in [0.2, 0.25) is 5.02 Å². The Hall–Kier alpha value is -2.92. The summed E-state index contributed by atoms with van der Waals surface area (Å²) >= 11 is 23.2. The Balaban J connectivity index is 0.000000225. The van der Waals surface area contributed by atoms with Crippen LogP contribution in [0.3, 0.4) is 0 Å². The number of morpholine rings is 1. The Kier molecular flexibility index (Phi) is 11.3. The second kappa shape index (κ2) is 14.7. The molecule has 0 unspecified atom stereocenters. The molecule has 2 aliphatic rings. The number of amides is 3. The Morgan fingerprint density at radius 1 is 0.860 bits per heavy atom. The van der Waals surface area contributed by atoms with Crippen molar-refractivity contribution in [3.8, 4) is 11.5 Å². The molecule has 0 radical (unpaired) electrons. The van der Waals surface area contributed by atoms with Gasteiger partial charge in [-0.25, -0.2) is 4.31 Å². The molecular formula is C30H26Cl4N2O6S. The summed E-state index contributed by atoms with van der Waals surface area (Å²) in [5, 5.41) is 0.643. The first kappa shape index (κ1) is 33.0. The van der Waals surface area contributed by atoms with Gasteiger partial charge in [0.05, 0.1) is 38.6 Å². The monoisotopic (exact) mass is 682 g/mol. The summed E-state index contributed by atoms with van der Waals surface area (Å²) in [7, 11) is 3.18. The standard InChI is InChI=1S/C21H22ClNO4.C9H4Cl3NO2S/c1-25-19-8-5-16(13-20(19)26-2)18(15-3-6-17(22)7-4-15)14-21(24)23-9-11-27-12-10-23;10-9(11,12)16-13-7(14)5-3-1-2-4-6(5)8(13)15/h3-8,13-14H,9-12H2,1-2H3;1-4H/b18-14+;. The van der Waals surface area contributed by atoms with Crippen molar-refractivity contribution in [1.82, 2.24) is 9.21 Å². The highest BCUT2D eigenvalue weighted by molar-refractivity contribution is 8.03. The summed E-state index contributed by atoms with van der Waals surface area (Å²) < 4.78 is 15.2. The smallest absolute Gasteiger partial charge is 0.271 e. The number of carbonyl (C=O) groups excluding carboxylic acids is 3. The summed E-state index contributed by atoms with van der Waals surface area (Å²) in [6.45, 7) is 2.31. The maximum atomic E-state index is 12.8. The molecule has 43 heavy (non-hydrogen) atoms. The first-order valence-corrected chi connectivity index (χ1v) is 15.1. The number of benzene rings is 3. The third kappa shape index (κ3) is 8.38. The summed E-state index contributed by atoms with van der Waals surface area (Å²) in [6.07, 6.45) is 1.66. The normalized spacial score (nSPS) is 15.1. The van der Waals surface area contributed by atoms with Crippen LogP contribution >= 0.6 is 58.4 Å². The van der Waals surface area contributed by atoms with Crippen molar-refractivity contribution in [2.75, 3.05) is 40.5 Å². The SMILES string of the molecule is COc1ccc(/C(=C/C(=O)N2CCOCC2)c2ccc(Cl)cc2)cc1OC.O=C1c2ccccc2C(=O)N1SC(Cl)(Cl)Cl. The third-order valence-corrected chi connectivity index (χ3v) is 7.99. The lowest BCUT2D eigenvalue weighted by molar-refractivity contribution is -0.129. The van der Waals surface area contributed by atoms with Crippen LogP contribution in [-0.2, 0) is 9.53 Å². The van der Waals surface area contributed by atoms with E-state index >= 15 is 0 Å². The van der Waals surface area contributed by atoms with Gasteiger partial charge in [0.25, 0.3) is 14.9 Å². The molecule has 8 nitrogen and oxygen atoms in total. The highest BCUT2D eigenvalue weighted by atomic mass is 35.6. The molecule has 0 aliphatic carbocycles. The average Bonchev–Trinajstić information content (AvgIpc) is 3.24. The van der Waals surface area contributed by atoms with Gasteiger partial charge in [0.15, 0.2) is 11.5 Å². The van der Waals surface area contributed by atoms with Crippen LogP contribution in [0, 0.1) is 0 Å². The topological polar surface area (TPSA) is 85.4 Å². The van der Waals surface area contributed by atoms with Gasteiger partial charge in [-0.1, -0.05) is 76.7 Å². The Morgan fingerprint density at radius 2 is 1.42 bits per heavy atom. The molecule has 0 N–H and O–H groups in total. The van der Waals surface area contributed by atoms with Crippen LogP contribution in [-0.4, -0.2) is 70.6 Å². The highest BCUT2D eigenvalue weighted by Crippen LogP contribution is 2.44. The van der Waals surface area contributed by atoms with Crippen molar-refractivity contribution >= 4 is 81.6 Å². The number of alkyl halides is 3. The van der Waals surface area contributed by atoms with Crippen molar-refractivity contribution in [2.45, 2.75) is 3.12 Å². The summed E-state index contributed by atoms with van der Waals surface area (Å²) in [5.41, 5.74) is 3.21. The zero-order valence-electron chi connectivity index (χ0n) is 23.0. The van der Waals surface area contributed by atoms with E-state index in [1.54, 1.807) is 49.5 Å². The van der Waals surface area contributed by atoms with E-state index in [0.29, 0.717) is 65.9 Å². The van der Waals surface area contributed by atoms with Crippen molar-refractivity contribution in [2.24, 2.45) is 0 Å². The van der Waals surface area contributed by atoms with Gasteiger partial charge in [0.2, 0.25) is 5.91 Å². The minimum absolute atomic E-state index is 0.0435. The lowest BCUT2D eigenvalue weighted by Gasteiger charge is -2.26. The zero-order chi connectivity index (χ0) is 31.1. The van der Waals surface area contributed by atoms with Crippen LogP contribution in [0.5, 0.6) is 11.5 Å². The first-order valence-electron chi connectivity index (χ1n) is 12.8. The Bertz CT molecular complexity index is 1490. The molecule has 1 fully saturated rings. The molecular weight excluding hydrogens is 658 g/mol. The molecule has 3 amide bonds. The lowest BCUT2D eigenvalue weighted by Crippen LogP contribution is -2.39. The van der Waals surface area contributed by atoms with Crippen LogP contribution < -0.4 is 9.47 Å². The number of carbonyl (C=O) groups is 3. The van der Waals surface area contributed by atoms with Crippen molar-refractivity contribution in [1.29, 1.82) is 0 Å². The number of halogens is 4. The predicted octanol–water partition coefficient (Wildman–Crippen LogP) is 6.91. The molecule has 1 saturated heterocycles. The van der Waals surface area contributed by atoms with Gasteiger partial charge in [0.1, 0.15) is 0 Å². The fourth-order valence-electron chi connectivity index (χ4n) is 4.32. The highest BCUT2D eigenvalue weighted by Gasteiger charge is 2.40. The summed E-state index contributed by atoms with van der Waals surface area (Å²) in [4.78, 5) is 38.2. The largest absolute Gasteiger partial charge is 0.493 e. The molecule has 0 spiro atoms. The second-order valence-corrected chi connectivity index (χ2v) is 13.6. The molecule has 0 atom stereocenters. The van der Waals surface area contributed by atoms with E-state index in [1.165, 1.54) is 0 Å².